The number of fused-ring (bicyclic) bond motifs is 1. The zero-order valence-corrected chi connectivity index (χ0v) is 15.9. The van der Waals surface area contributed by atoms with Gasteiger partial charge in [-0.05, 0) is 36.4 Å². The van der Waals surface area contributed by atoms with Crippen LogP contribution in [0, 0.1) is 5.82 Å². The first kappa shape index (κ1) is 18.6. The molecule has 0 fully saturated rings. The van der Waals surface area contributed by atoms with E-state index in [1.807, 2.05) is 24.3 Å². The van der Waals surface area contributed by atoms with E-state index in [2.05, 4.69) is 30.9 Å². The Morgan fingerprint density at radius 1 is 1.03 bits per heavy atom. The van der Waals surface area contributed by atoms with Gasteiger partial charge in [0.15, 0.2) is 30.4 Å². The Labute approximate surface area is 175 Å². The number of aromatic nitrogens is 3. The third kappa shape index (κ3) is 3.99. The standard InChI is InChI=1S/C21H15FN6O3/c22-15-8-24-21(26-13-3-1-12(2-4-13)18-9-23-11-31-18)28-20(15)25-14-5-6-16-17(7-14)30-10-19(29)27-16/h1-9,11H,10H2,(H,27,29)(H2,24,25,26,28). The summed E-state index contributed by atoms with van der Waals surface area (Å²) in [6.07, 6.45) is 4.08. The molecule has 0 saturated carbocycles. The maximum Gasteiger partial charge on any atom is 0.262 e. The third-order valence-electron chi connectivity index (χ3n) is 4.48. The monoisotopic (exact) mass is 418 g/mol. The fourth-order valence-corrected chi connectivity index (χ4v) is 3.01. The van der Waals surface area contributed by atoms with Gasteiger partial charge in [0.05, 0.1) is 18.1 Å². The average Bonchev–Trinajstić information content (AvgIpc) is 3.32. The van der Waals surface area contributed by atoms with Crippen LogP contribution in [0.4, 0.5) is 33.2 Å². The van der Waals surface area contributed by atoms with Crippen LogP contribution < -0.4 is 20.7 Å². The second-order valence-electron chi connectivity index (χ2n) is 6.63. The van der Waals surface area contributed by atoms with E-state index in [-0.39, 0.29) is 24.3 Å². The molecule has 3 N–H and O–H groups in total. The van der Waals surface area contributed by atoms with E-state index in [0.29, 0.717) is 22.9 Å². The van der Waals surface area contributed by atoms with E-state index in [1.165, 1.54) is 6.39 Å². The summed E-state index contributed by atoms with van der Waals surface area (Å²) >= 11 is 0. The van der Waals surface area contributed by atoms with Crippen LogP contribution in [0.1, 0.15) is 0 Å². The highest BCUT2D eigenvalue weighted by Crippen LogP contribution is 2.32. The molecular weight excluding hydrogens is 403 g/mol. The summed E-state index contributed by atoms with van der Waals surface area (Å²) < 4.78 is 24.9. The molecule has 4 aromatic rings. The maximum absolute atomic E-state index is 14.3. The fraction of sp³-hybridized carbons (Fsp3) is 0.0476. The number of carbonyl (C=O) groups is 1. The number of hydrogen-bond donors (Lipinski definition) is 3. The van der Waals surface area contributed by atoms with Crippen LogP contribution in [-0.2, 0) is 4.79 Å². The lowest BCUT2D eigenvalue weighted by Crippen LogP contribution is -2.25. The van der Waals surface area contributed by atoms with Gasteiger partial charge in [-0.3, -0.25) is 4.79 Å². The van der Waals surface area contributed by atoms with E-state index < -0.39 is 5.82 Å². The van der Waals surface area contributed by atoms with E-state index in [0.717, 1.165) is 17.4 Å². The van der Waals surface area contributed by atoms with Crippen molar-refractivity contribution in [2.45, 2.75) is 0 Å². The van der Waals surface area contributed by atoms with Gasteiger partial charge in [0.2, 0.25) is 5.95 Å². The molecule has 1 aliphatic heterocycles. The molecule has 3 heterocycles. The minimum absolute atomic E-state index is 0.00410. The molecule has 0 unspecified atom stereocenters. The van der Waals surface area contributed by atoms with Crippen molar-refractivity contribution in [3.63, 3.8) is 0 Å². The number of halogens is 1. The van der Waals surface area contributed by atoms with Gasteiger partial charge in [-0.2, -0.15) is 4.98 Å². The lowest BCUT2D eigenvalue weighted by atomic mass is 10.2. The van der Waals surface area contributed by atoms with Gasteiger partial charge in [0.1, 0.15) is 5.75 Å². The van der Waals surface area contributed by atoms with Gasteiger partial charge in [-0.15, -0.1) is 0 Å². The van der Waals surface area contributed by atoms with Crippen molar-refractivity contribution >= 4 is 34.7 Å². The summed E-state index contributed by atoms with van der Waals surface area (Å²) in [5.41, 5.74) is 2.70. The molecule has 2 aromatic carbocycles. The van der Waals surface area contributed by atoms with Crippen LogP contribution in [0.2, 0.25) is 0 Å². The second-order valence-corrected chi connectivity index (χ2v) is 6.63. The molecule has 154 valence electrons. The predicted molar refractivity (Wildman–Crippen MR) is 111 cm³/mol. The van der Waals surface area contributed by atoms with E-state index in [1.54, 1.807) is 24.4 Å². The van der Waals surface area contributed by atoms with Crippen LogP contribution in [0.25, 0.3) is 11.3 Å². The first-order valence-electron chi connectivity index (χ1n) is 9.26. The summed E-state index contributed by atoms with van der Waals surface area (Å²) in [6.45, 7) is -0.0678. The molecule has 31 heavy (non-hydrogen) atoms. The summed E-state index contributed by atoms with van der Waals surface area (Å²) in [7, 11) is 0. The number of nitrogens with one attached hydrogen (secondary N) is 3. The average molecular weight is 418 g/mol. The maximum atomic E-state index is 14.3. The van der Waals surface area contributed by atoms with Gasteiger partial charge in [-0.1, -0.05) is 0 Å². The minimum atomic E-state index is -0.613. The normalized spacial score (nSPS) is 12.5. The number of amides is 1. The zero-order valence-electron chi connectivity index (χ0n) is 15.9. The number of rotatable bonds is 5. The van der Waals surface area contributed by atoms with E-state index >= 15 is 0 Å². The summed E-state index contributed by atoms with van der Waals surface area (Å²) in [6, 6.07) is 12.4. The molecule has 0 aliphatic carbocycles. The van der Waals surface area contributed by atoms with Crippen LogP contribution >= 0.6 is 0 Å². The molecule has 0 atom stereocenters. The summed E-state index contributed by atoms with van der Waals surface area (Å²) in [4.78, 5) is 23.5. The van der Waals surface area contributed by atoms with E-state index in [4.69, 9.17) is 9.15 Å². The number of nitrogens with zero attached hydrogens (tertiary/aromatic N) is 3. The molecule has 0 spiro atoms. The van der Waals surface area contributed by atoms with Crippen molar-refractivity contribution in [1.29, 1.82) is 0 Å². The number of benzene rings is 2. The fourth-order valence-electron chi connectivity index (χ4n) is 3.01. The first-order valence-corrected chi connectivity index (χ1v) is 9.26. The van der Waals surface area contributed by atoms with E-state index in [9.17, 15) is 9.18 Å². The van der Waals surface area contributed by atoms with Crippen LogP contribution in [-0.4, -0.2) is 27.5 Å². The van der Waals surface area contributed by atoms with Crippen molar-refractivity contribution in [3.8, 4) is 17.1 Å². The molecule has 0 radical (unpaired) electrons. The Morgan fingerprint density at radius 3 is 2.68 bits per heavy atom. The number of ether oxygens (including phenoxy) is 1. The molecular formula is C21H15FN6O3. The molecule has 5 rings (SSSR count). The summed E-state index contributed by atoms with van der Waals surface area (Å²) in [5, 5.41) is 8.65. The van der Waals surface area contributed by atoms with Gasteiger partial charge < -0.3 is 25.1 Å². The largest absolute Gasteiger partial charge is 0.482 e. The van der Waals surface area contributed by atoms with Gasteiger partial charge in [-0.25, -0.2) is 14.4 Å². The van der Waals surface area contributed by atoms with Crippen molar-refractivity contribution in [2.24, 2.45) is 0 Å². The highest BCUT2D eigenvalue weighted by atomic mass is 19.1. The van der Waals surface area contributed by atoms with Crippen LogP contribution in [0.15, 0.2) is 65.7 Å². The molecule has 0 saturated heterocycles. The second kappa shape index (κ2) is 7.75. The molecule has 0 bridgehead atoms. The minimum Gasteiger partial charge on any atom is -0.482 e. The molecule has 1 amide bonds. The number of oxazole rings is 1. The Morgan fingerprint density at radius 2 is 1.87 bits per heavy atom. The van der Waals surface area contributed by atoms with Gasteiger partial charge in [0.25, 0.3) is 5.91 Å². The molecule has 1 aliphatic rings. The van der Waals surface area contributed by atoms with Gasteiger partial charge >= 0.3 is 0 Å². The van der Waals surface area contributed by atoms with Crippen molar-refractivity contribution in [2.75, 3.05) is 22.6 Å². The molecule has 10 heteroatoms. The number of anilines is 5. The van der Waals surface area contributed by atoms with Crippen molar-refractivity contribution in [3.05, 3.63) is 67.1 Å². The third-order valence-corrected chi connectivity index (χ3v) is 4.48. The van der Waals surface area contributed by atoms with Crippen molar-refractivity contribution in [1.82, 2.24) is 15.0 Å². The smallest absolute Gasteiger partial charge is 0.262 e. The lowest BCUT2D eigenvalue weighted by Gasteiger charge is -2.18. The Bertz CT molecular complexity index is 1240. The predicted octanol–water partition coefficient (Wildman–Crippen LogP) is 4.09. The number of hydrogen-bond acceptors (Lipinski definition) is 8. The zero-order chi connectivity index (χ0) is 21.2. The first-order chi connectivity index (χ1) is 15.1. The van der Waals surface area contributed by atoms with Crippen LogP contribution in [0.3, 0.4) is 0 Å². The van der Waals surface area contributed by atoms with Gasteiger partial charge in [0, 0.05) is 23.0 Å². The van der Waals surface area contributed by atoms with Crippen molar-refractivity contribution < 1.29 is 18.3 Å². The highest BCUT2D eigenvalue weighted by molar-refractivity contribution is 5.95. The van der Waals surface area contributed by atoms with Crippen LogP contribution in [0.5, 0.6) is 5.75 Å². The molecule has 2 aromatic heterocycles. The summed E-state index contributed by atoms with van der Waals surface area (Å²) in [5.74, 6) is 0.528. The Balaban J connectivity index is 1.33. The lowest BCUT2D eigenvalue weighted by molar-refractivity contribution is -0.118. The highest BCUT2D eigenvalue weighted by Gasteiger charge is 2.17. The number of carbonyl (C=O) groups excluding carboxylic acids is 1. The topological polar surface area (TPSA) is 114 Å². The molecule has 9 nitrogen and oxygen atoms in total. The SMILES string of the molecule is O=C1COc2cc(Nc3nc(Nc4ccc(-c5cnco5)cc4)ncc3F)ccc2N1. The quantitative estimate of drug-likeness (QED) is 0.444. The Kier molecular flexibility index (Phi) is 4.64. The Hall–Kier alpha value is -4.47.